The van der Waals surface area contributed by atoms with Crippen LogP contribution in [0.3, 0.4) is 0 Å². The van der Waals surface area contributed by atoms with Crippen molar-refractivity contribution in [1.29, 1.82) is 0 Å². The Hall–Kier alpha value is -3.98. The third kappa shape index (κ3) is 7.00. The fourth-order valence-electron chi connectivity index (χ4n) is 3.41. The number of carbonyl (C=O) groups excluding carboxylic acids is 3. The maximum atomic E-state index is 13.1. The van der Waals surface area contributed by atoms with E-state index in [1.165, 1.54) is 47.7 Å². The van der Waals surface area contributed by atoms with Crippen LogP contribution in [0.15, 0.2) is 77.7 Å². The van der Waals surface area contributed by atoms with Crippen molar-refractivity contribution < 1.29 is 24.0 Å². The SMILES string of the molecule is CSc1ccc(C(=O)c2ccccc2C(=O)OCC(=O)NCCCc2ccccc2)cc1[N+](=O)[O-]. The molecular formula is C26H24N2O6S. The van der Waals surface area contributed by atoms with Crippen LogP contribution in [0.5, 0.6) is 0 Å². The highest BCUT2D eigenvalue weighted by atomic mass is 32.2. The second-order valence-electron chi connectivity index (χ2n) is 7.53. The van der Waals surface area contributed by atoms with Crippen LogP contribution >= 0.6 is 11.8 Å². The predicted octanol–water partition coefficient (Wildman–Crippen LogP) is 4.45. The quantitative estimate of drug-likeness (QED) is 0.105. The van der Waals surface area contributed by atoms with Crippen molar-refractivity contribution in [3.63, 3.8) is 0 Å². The van der Waals surface area contributed by atoms with Gasteiger partial charge >= 0.3 is 5.97 Å². The normalized spacial score (nSPS) is 10.4. The lowest BCUT2D eigenvalue weighted by molar-refractivity contribution is -0.387. The molecular weight excluding hydrogens is 468 g/mol. The van der Waals surface area contributed by atoms with Gasteiger partial charge in [-0.2, -0.15) is 0 Å². The number of nitro benzene ring substituents is 1. The van der Waals surface area contributed by atoms with E-state index in [2.05, 4.69) is 5.32 Å². The van der Waals surface area contributed by atoms with Gasteiger partial charge in [0.05, 0.1) is 15.4 Å². The molecule has 0 aliphatic heterocycles. The van der Waals surface area contributed by atoms with Crippen LogP contribution in [0.25, 0.3) is 0 Å². The molecule has 3 rings (SSSR count). The molecule has 0 aromatic heterocycles. The van der Waals surface area contributed by atoms with Crippen molar-refractivity contribution in [3.05, 3.63) is 105 Å². The summed E-state index contributed by atoms with van der Waals surface area (Å²) in [5, 5.41) is 14.1. The Balaban J connectivity index is 1.60. The van der Waals surface area contributed by atoms with Gasteiger partial charge < -0.3 is 10.1 Å². The fourth-order valence-corrected chi connectivity index (χ4v) is 3.96. The summed E-state index contributed by atoms with van der Waals surface area (Å²) in [6, 6.07) is 20.0. The highest BCUT2D eigenvalue weighted by Crippen LogP contribution is 2.29. The van der Waals surface area contributed by atoms with Crippen molar-refractivity contribution in [1.82, 2.24) is 5.32 Å². The second kappa shape index (κ2) is 12.5. The highest BCUT2D eigenvalue weighted by Gasteiger charge is 2.22. The zero-order valence-corrected chi connectivity index (χ0v) is 19.9. The first-order valence-electron chi connectivity index (χ1n) is 10.8. The minimum absolute atomic E-state index is 0.0222. The average Bonchev–Trinajstić information content (AvgIpc) is 2.89. The third-order valence-electron chi connectivity index (χ3n) is 5.17. The average molecular weight is 493 g/mol. The van der Waals surface area contributed by atoms with Crippen LogP contribution in [0.2, 0.25) is 0 Å². The van der Waals surface area contributed by atoms with Crippen LogP contribution < -0.4 is 5.32 Å². The van der Waals surface area contributed by atoms with E-state index in [4.69, 9.17) is 4.74 Å². The summed E-state index contributed by atoms with van der Waals surface area (Å²) in [6.45, 7) is -0.0498. The van der Waals surface area contributed by atoms with Crippen molar-refractivity contribution in [2.24, 2.45) is 0 Å². The topological polar surface area (TPSA) is 116 Å². The van der Waals surface area contributed by atoms with Crippen LogP contribution in [0.4, 0.5) is 5.69 Å². The Kier molecular flexibility index (Phi) is 9.14. The lowest BCUT2D eigenvalue weighted by Crippen LogP contribution is -2.30. The third-order valence-corrected chi connectivity index (χ3v) is 5.96. The number of ketones is 1. The molecule has 9 heteroatoms. The van der Waals surface area contributed by atoms with E-state index in [-0.39, 0.29) is 22.4 Å². The summed E-state index contributed by atoms with van der Waals surface area (Å²) >= 11 is 1.20. The van der Waals surface area contributed by atoms with Crippen LogP contribution in [0, 0.1) is 10.1 Å². The minimum Gasteiger partial charge on any atom is -0.452 e. The molecule has 180 valence electrons. The largest absolute Gasteiger partial charge is 0.452 e. The molecule has 0 fully saturated rings. The van der Waals surface area contributed by atoms with E-state index in [1.807, 2.05) is 30.3 Å². The smallest absolute Gasteiger partial charge is 0.339 e. The number of hydrogen-bond acceptors (Lipinski definition) is 7. The number of esters is 1. The number of amides is 1. The Bertz CT molecular complexity index is 1230. The summed E-state index contributed by atoms with van der Waals surface area (Å²) in [5.41, 5.74) is 1.07. The van der Waals surface area contributed by atoms with Crippen molar-refractivity contribution >= 4 is 35.1 Å². The van der Waals surface area contributed by atoms with Gasteiger partial charge in [0.2, 0.25) is 0 Å². The molecule has 0 saturated carbocycles. The monoisotopic (exact) mass is 492 g/mol. The Labute approximate surface area is 206 Å². The number of carbonyl (C=O) groups is 3. The molecule has 0 heterocycles. The first kappa shape index (κ1) is 25.6. The van der Waals surface area contributed by atoms with Gasteiger partial charge in [-0.05, 0) is 42.9 Å². The van der Waals surface area contributed by atoms with Gasteiger partial charge in [0, 0.05) is 23.7 Å². The van der Waals surface area contributed by atoms with Crippen LogP contribution in [0.1, 0.15) is 38.3 Å². The summed E-state index contributed by atoms with van der Waals surface area (Å²) in [5.74, 6) is -1.83. The summed E-state index contributed by atoms with van der Waals surface area (Å²) in [4.78, 5) is 49.0. The fraction of sp³-hybridized carbons (Fsp3) is 0.192. The maximum Gasteiger partial charge on any atom is 0.339 e. The molecule has 3 aromatic rings. The molecule has 1 N–H and O–H groups in total. The van der Waals surface area contributed by atoms with E-state index < -0.39 is 29.2 Å². The first-order valence-corrected chi connectivity index (χ1v) is 12.1. The standard InChI is InChI=1S/C26H24N2O6S/c1-35-23-14-13-19(16-22(23)28(32)33)25(30)20-11-5-6-12-21(20)26(31)34-17-24(29)27-15-7-10-18-8-3-2-4-9-18/h2-6,8-9,11-14,16H,7,10,15,17H2,1H3,(H,27,29). The highest BCUT2D eigenvalue weighted by molar-refractivity contribution is 7.98. The molecule has 8 nitrogen and oxygen atoms in total. The summed E-state index contributed by atoms with van der Waals surface area (Å²) < 4.78 is 5.12. The molecule has 1 amide bonds. The van der Waals surface area contributed by atoms with E-state index in [0.717, 1.165) is 12.8 Å². The second-order valence-corrected chi connectivity index (χ2v) is 8.38. The van der Waals surface area contributed by atoms with Crippen molar-refractivity contribution in [2.75, 3.05) is 19.4 Å². The maximum absolute atomic E-state index is 13.1. The van der Waals surface area contributed by atoms with E-state index in [0.29, 0.717) is 11.4 Å². The molecule has 0 unspecified atom stereocenters. The number of rotatable bonds is 11. The Morgan fingerprint density at radius 3 is 2.34 bits per heavy atom. The number of nitrogens with one attached hydrogen (secondary N) is 1. The van der Waals surface area contributed by atoms with Crippen LogP contribution in [-0.2, 0) is 16.0 Å². The van der Waals surface area contributed by atoms with Gasteiger partial charge in [-0.15, -0.1) is 11.8 Å². The summed E-state index contributed by atoms with van der Waals surface area (Å²) in [6.07, 6.45) is 3.25. The predicted molar refractivity (Wildman–Crippen MR) is 133 cm³/mol. The molecule has 0 radical (unpaired) electrons. The summed E-state index contributed by atoms with van der Waals surface area (Å²) in [7, 11) is 0. The zero-order chi connectivity index (χ0) is 25.2. The molecule has 0 atom stereocenters. The minimum atomic E-state index is -0.830. The Morgan fingerprint density at radius 2 is 1.66 bits per heavy atom. The number of thioether (sulfide) groups is 1. The lowest BCUT2D eigenvalue weighted by Gasteiger charge is -2.10. The number of ether oxygens (including phenoxy) is 1. The van der Waals surface area contributed by atoms with Gasteiger partial charge in [-0.25, -0.2) is 4.79 Å². The zero-order valence-electron chi connectivity index (χ0n) is 19.1. The van der Waals surface area contributed by atoms with Gasteiger partial charge in [0.1, 0.15) is 0 Å². The molecule has 0 spiro atoms. The number of aryl methyl sites for hydroxylation is 1. The van der Waals surface area contributed by atoms with E-state index in [1.54, 1.807) is 18.4 Å². The Morgan fingerprint density at radius 1 is 0.971 bits per heavy atom. The molecule has 3 aromatic carbocycles. The van der Waals surface area contributed by atoms with E-state index in [9.17, 15) is 24.5 Å². The molecule has 35 heavy (non-hydrogen) atoms. The van der Waals surface area contributed by atoms with Gasteiger partial charge in [0.15, 0.2) is 12.4 Å². The van der Waals surface area contributed by atoms with Crippen LogP contribution in [-0.4, -0.2) is 42.0 Å². The first-order chi connectivity index (χ1) is 16.9. The number of hydrogen-bond donors (Lipinski definition) is 1. The molecule has 0 aliphatic rings. The molecule has 0 bridgehead atoms. The van der Waals surface area contributed by atoms with Gasteiger partial charge in [-0.1, -0.05) is 48.5 Å². The number of nitro groups is 1. The number of nitrogens with zero attached hydrogens (tertiary/aromatic N) is 1. The van der Waals surface area contributed by atoms with Gasteiger partial charge in [-0.3, -0.25) is 19.7 Å². The van der Waals surface area contributed by atoms with Gasteiger partial charge in [0.25, 0.3) is 11.6 Å². The van der Waals surface area contributed by atoms with Crippen molar-refractivity contribution in [2.45, 2.75) is 17.7 Å². The van der Waals surface area contributed by atoms with E-state index >= 15 is 0 Å². The van der Waals surface area contributed by atoms with Crippen molar-refractivity contribution in [3.8, 4) is 0 Å². The molecule has 0 aliphatic carbocycles. The molecule has 0 saturated heterocycles. The number of benzene rings is 3. The lowest BCUT2D eigenvalue weighted by atomic mass is 9.98.